The lowest BCUT2D eigenvalue weighted by molar-refractivity contribution is -0.0149. The molecule has 0 aliphatic carbocycles. The molecule has 2 unspecified atom stereocenters. The van der Waals surface area contributed by atoms with Crippen LogP contribution in [0.3, 0.4) is 0 Å². The van der Waals surface area contributed by atoms with Crippen molar-refractivity contribution in [2.45, 2.75) is 19.1 Å². The van der Waals surface area contributed by atoms with E-state index in [2.05, 4.69) is 0 Å². The Kier molecular flexibility index (Phi) is 3.19. The Morgan fingerprint density at radius 1 is 1.24 bits per heavy atom. The topological polar surface area (TPSA) is 65.6 Å². The fraction of sp³-hybridized carbons (Fsp3) is 0.385. The van der Waals surface area contributed by atoms with Gasteiger partial charge >= 0.3 is 0 Å². The summed E-state index contributed by atoms with van der Waals surface area (Å²) in [7, 11) is 1.92. The number of aryl methyl sites for hydroxylation is 1. The van der Waals surface area contributed by atoms with E-state index in [1.165, 1.54) is 0 Å². The van der Waals surface area contributed by atoms with Crippen molar-refractivity contribution < 1.29 is 15.3 Å². The Morgan fingerprint density at radius 2 is 1.88 bits per heavy atom. The molecule has 2 aromatic rings. The first-order valence-electron chi connectivity index (χ1n) is 5.58. The van der Waals surface area contributed by atoms with Crippen molar-refractivity contribution in [3.05, 3.63) is 35.5 Å². The van der Waals surface area contributed by atoms with Gasteiger partial charge in [-0.1, -0.05) is 18.2 Å². The van der Waals surface area contributed by atoms with Crippen LogP contribution >= 0.6 is 0 Å². The van der Waals surface area contributed by atoms with Gasteiger partial charge in [-0.05, 0) is 13.0 Å². The second kappa shape index (κ2) is 4.49. The number of hydrogen-bond donors (Lipinski definition) is 3. The molecule has 4 heteroatoms. The highest BCUT2D eigenvalue weighted by molar-refractivity contribution is 5.85. The summed E-state index contributed by atoms with van der Waals surface area (Å²) in [5, 5.41) is 29.5. The smallest absolute Gasteiger partial charge is 0.109 e. The van der Waals surface area contributed by atoms with Crippen LogP contribution in [0.2, 0.25) is 0 Å². The van der Waals surface area contributed by atoms with Crippen molar-refractivity contribution in [1.29, 1.82) is 0 Å². The second-order valence-electron chi connectivity index (χ2n) is 4.27. The Bertz CT molecular complexity index is 533. The molecule has 2 rings (SSSR count). The third-order valence-corrected chi connectivity index (χ3v) is 3.30. The number of aromatic nitrogens is 1. The van der Waals surface area contributed by atoms with E-state index in [0.717, 1.165) is 16.6 Å². The molecule has 0 bridgehead atoms. The Balaban J connectivity index is 2.64. The van der Waals surface area contributed by atoms with Crippen LogP contribution in [0.15, 0.2) is 24.3 Å². The lowest BCUT2D eigenvalue weighted by atomic mass is 10.0. The lowest BCUT2D eigenvalue weighted by Crippen LogP contribution is -2.22. The number of para-hydroxylation sites is 1. The van der Waals surface area contributed by atoms with E-state index in [1.807, 2.05) is 42.8 Å². The predicted octanol–water partition coefficient (Wildman–Crippen LogP) is 0.873. The normalized spacial score (nSPS) is 15.1. The van der Waals surface area contributed by atoms with Crippen molar-refractivity contribution in [3.63, 3.8) is 0 Å². The summed E-state index contributed by atoms with van der Waals surface area (Å²) < 4.78 is 1.97. The maximum atomic E-state index is 10.1. The highest BCUT2D eigenvalue weighted by atomic mass is 16.4. The molecule has 3 N–H and O–H groups in total. The SMILES string of the molecule is Cc1c(C(O)C(O)CO)c2ccccc2n1C. The van der Waals surface area contributed by atoms with Crippen LogP contribution in [0.4, 0.5) is 0 Å². The van der Waals surface area contributed by atoms with E-state index in [1.54, 1.807) is 0 Å². The van der Waals surface area contributed by atoms with Crippen LogP contribution in [0.5, 0.6) is 0 Å². The average molecular weight is 235 g/mol. The fourth-order valence-electron chi connectivity index (χ4n) is 2.22. The van der Waals surface area contributed by atoms with Gasteiger partial charge in [0.25, 0.3) is 0 Å². The summed E-state index contributed by atoms with van der Waals surface area (Å²) in [5.41, 5.74) is 2.58. The Morgan fingerprint density at radius 3 is 2.53 bits per heavy atom. The molecule has 0 saturated heterocycles. The van der Waals surface area contributed by atoms with E-state index < -0.39 is 18.8 Å². The van der Waals surface area contributed by atoms with Crippen LogP contribution in [-0.2, 0) is 7.05 Å². The molecule has 0 aliphatic rings. The molecule has 1 aromatic heterocycles. The molecule has 1 aromatic carbocycles. The summed E-state index contributed by atoms with van der Waals surface area (Å²) in [6.07, 6.45) is -2.22. The van der Waals surface area contributed by atoms with Crippen molar-refractivity contribution in [1.82, 2.24) is 4.57 Å². The number of benzene rings is 1. The van der Waals surface area contributed by atoms with E-state index in [-0.39, 0.29) is 0 Å². The summed E-state index contributed by atoms with van der Waals surface area (Å²) in [6.45, 7) is 1.44. The van der Waals surface area contributed by atoms with Crippen molar-refractivity contribution in [3.8, 4) is 0 Å². The van der Waals surface area contributed by atoms with Gasteiger partial charge in [0.15, 0.2) is 0 Å². The molecule has 4 nitrogen and oxygen atoms in total. The van der Waals surface area contributed by atoms with Gasteiger partial charge in [-0.3, -0.25) is 0 Å². The van der Waals surface area contributed by atoms with E-state index >= 15 is 0 Å². The average Bonchev–Trinajstić information content (AvgIpc) is 2.61. The molecule has 0 aliphatic heterocycles. The quantitative estimate of drug-likeness (QED) is 0.739. The van der Waals surface area contributed by atoms with Gasteiger partial charge in [0.05, 0.1) is 6.61 Å². The highest BCUT2D eigenvalue weighted by Gasteiger charge is 2.24. The standard InChI is InChI=1S/C13H17NO3/c1-8-12(13(17)11(16)7-15)9-5-3-4-6-10(9)14(8)2/h3-6,11,13,15-17H,7H2,1-2H3. The molecule has 2 atom stereocenters. The monoisotopic (exact) mass is 235 g/mol. The van der Waals surface area contributed by atoms with Gasteiger partial charge in [-0.25, -0.2) is 0 Å². The number of hydrogen-bond acceptors (Lipinski definition) is 3. The molecule has 1 heterocycles. The van der Waals surface area contributed by atoms with Crippen molar-refractivity contribution >= 4 is 10.9 Å². The Hall–Kier alpha value is -1.36. The zero-order valence-electron chi connectivity index (χ0n) is 9.96. The molecule has 0 spiro atoms. The summed E-state index contributed by atoms with van der Waals surface area (Å²) >= 11 is 0. The van der Waals surface area contributed by atoms with E-state index in [9.17, 15) is 10.2 Å². The molecule has 0 radical (unpaired) electrons. The molecule has 0 fully saturated rings. The minimum absolute atomic E-state index is 0.455. The minimum atomic E-state index is -1.15. The first-order chi connectivity index (χ1) is 8.07. The van der Waals surface area contributed by atoms with Crippen LogP contribution in [0.25, 0.3) is 10.9 Å². The summed E-state index contributed by atoms with van der Waals surface area (Å²) in [6, 6.07) is 7.69. The van der Waals surface area contributed by atoms with Crippen molar-refractivity contribution in [2.75, 3.05) is 6.61 Å². The largest absolute Gasteiger partial charge is 0.394 e. The van der Waals surface area contributed by atoms with Crippen LogP contribution < -0.4 is 0 Å². The number of aliphatic hydroxyl groups is 3. The third-order valence-electron chi connectivity index (χ3n) is 3.30. The lowest BCUT2D eigenvalue weighted by Gasteiger charge is -2.16. The number of nitrogens with zero attached hydrogens (tertiary/aromatic N) is 1. The second-order valence-corrected chi connectivity index (χ2v) is 4.27. The molecular formula is C13H17NO3. The first kappa shape index (κ1) is 12.1. The van der Waals surface area contributed by atoms with Crippen LogP contribution in [0, 0.1) is 6.92 Å². The highest BCUT2D eigenvalue weighted by Crippen LogP contribution is 2.31. The maximum absolute atomic E-state index is 10.1. The summed E-state index contributed by atoms with van der Waals surface area (Å²) in [5.74, 6) is 0. The number of aliphatic hydroxyl groups excluding tert-OH is 3. The molecule has 0 amide bonds. The van der Waals surface area contributed by atoms with Gasteiger partial charge in [-0.2, -0.15) is 0 Å². The van der Waals surface area contributed by atoms with Gasteiger partial charge < -0.3 is 19.9 Å². The Labute approximate surface area is 99.7 Å². The van der Waals surface area contributed by atoms with E-state index in [0.29, 0.717) is 5.56 Å². The zero-order valence-corrected chi connectivity index (χ0v) is 9.96. The van der Waals surface area contributed by atoms with Gasteiger partial charge in [0, 0.05) is 29.2 Å². The molecule has 17 heavy (non-hydrogen) atoms. The molecule has 92 valence electrons. The summed E-state index contributed by atoms with van der Waals surface area (Å²) in [4.78, 5) is 0. The fourth-order valence-corrected chi connectivity index (χ4v) is 2.22. The van der Waals surface area contributed by atoms with Gasteiger partial charge in [0.1, 0.15) is 12.2 Å². The van der Waals surface area contributed by atoms with Crippen LogP contribution in [-0.4, -0.2) is 32.6 Å². The zero-order chi connectivity index (χ0) is 12.6. The molecule has 0 saturated carbocycles. The van der Waals surface area contributed by atoms with Gasteiger partial charge in [0.2, 0.25) is 0 Å². The van der Waals surface area contributed by atoms with E-state index in [4.69, 9.17) is 5.11 Å². The van der Waals surface area contributed by atoms with Crippen molar-refractivity contribution in [2.24, 2.45) is 7.05 Å². The maximum Gasteiger partial charge on any atom is 0.109 e. The number of fused-ring (bicyclic) bond motifs is 1. The third kappa shape index (κ3) is 1.84. The first-order valence-corrected chi connectivity index (χ1v) is 5.58. The van der Waals surface area contributed by atoms with Gasteiger partial charge in [-0.15, -0.1) is 0 Å². The predicted molar refractivity (Wildman–Crippen MR) is 65.7 cm³/mol. The van der Waals surface area contributed by atoms with Crippen LogP contribution in [0.1, 0.15) is 17.4 Å². The minimum Gasteiger partial charge on any atom is -0.394 e. The molecular weight excluding hydrogens is 218 g/mol. The number of rotatable bonds is 3.